The number of halogens is 3. The molecule has 0 saturated carbocycles. The van der Waals surface area contributed by atoms with Gasteiger partial charge in [0.2, 0.25) is 5.91 Å². The molecule has 0 bridgehead atoms. The molecule has 1 aliphatic rings. The van der Waals surface area contributed by atoms with Crippen molar-refractivity contribution in [3.05, 3.63) is 78.9 Å². The fraction of sp³-hybridized carbons (Fsp3) is 0.233. The molecule has 1 aliphatic heterocycles. The van der Waals surface area contributed by atoms with Gasteiger partial charge in [-0.3, -0.25) is 4.79 Å². The molecule has 0 unspecified atom stereocenters. The Bertz CT molecular complexity index is 1620. The third-order valence-electron chi connectivity index (χ3n) is 6.94. The first-order valence-corrected chi connectivity index (χ1v) is 12.8. The monoisotopic (exact) mass is 564 g/mol. The Kier molecular flexibility index (Phi) is 7.95. The second kappa shape index (κ2) is 11.7. The quantitative estimate of drug-likeness (QED) is 0.207. The van der Waals surface area contributed by atoms with Crippen molar-refractivity contribution in [2.24, 2.45) is 0 Å². The summed E-state index contributed by atoms with van der Waals surface area (Å²) in [6, 6.07) is 10.2. The highest BCUT2D eigenvalue weighted by Gasteiger charge is 2.24. The third kappa shape index (κ3) is 5.60. The van der Waals surface area contributed by atoms with Gasteiger partial charge in [0.25, 0.3) is 0 Å². The largest absolute Gasteiger partial charge is 0.495 e. The van der Waals surface area contributed by atoms with Crippen molar-refractivity contribution < 1.29 is 32.2 Å². The lowest BCUT2D eigenvalue weighted by atomic mass is 10.0. The number of piperidine rings is 1. The number of ether oxygens (including phenoxy) is 3. The number of amides is 1. The molecule has 11 heteroatoms. The van der Waals surface area contributed by atoms with Gasteiger partial charge in [0, 0.05) is 42.9 Å². The summed E-state index contributed by atoms with van der Waals surface area (Å²) in [7, 11) is 3.01. The molecule has 4 aromatic rings. The predicted molar refractivity (Wildman–Crippen MR) is 148 cm³/mol. The van der Waals surface area contributed by atoms with E-state index in [1.165, 1.54) is 32.7 Å². The Morgan fingerprint density at radius 3 is 2.44 bits per heavy atom. The smallest absolute Gasteiger partial charge is 0.245 e. The van der Waals surface area contributed by atoms with Crippen LogP contribution in [-0.2, 0) is 4.79 Å². The number of anilines is 2. The van der Waals surface area contributed by atoms with Gasteiger partial charge in [0.15, 0.2) is 29.0 Å². The number of nitrogens with one attached hydrogen (secondary N) is 1. The molecule has 212 valence electrons. The van der Waals surface area contributed by atoms with E-state index in [1.54, 1.807) is 35.2 Å². The zero-order chi connectivity index (χ0) is 29.1. The standard InChI is InChI=1S/C30H27F3N4O4/c1-4-27(38)37-11-9-18(10-12-37)41-26-14-20-22(15-25(26)40-3)34-16-35-30(20)36-23-13-17(5-8-24(23)39-2)19-6-7-21(31)29(33)28(19)32/h4-8,13-16,18H,1,9-12H2,2-3H3,(H,34,35,36). The van der Waals surface area contributed by atoms with E-state index in [-0.39, 0.29) is 17.6 Å². The van der Waals surface area contributed by atoms with Crippen molar-refractivity contribution in [2.45, 2.75) is 18.9 Å². The Morgan fingerprint density at radius 1 is 0.976 bits per heavy atom. The topological polar surface area (TPSA) is 85.8 Å². The highest BCUT2D eigenvalue weighted by atomic mass is 19.2. The molecule has 1 aromatic heterocycles. The van der Waals surface area contributed by atoms with Gasteiger partial charge in [-0.2, -0.15) is 0 Å². The SMILES string of the molecule is C=CC(=O)N1CCC(Oc2cc3c(Nc4cc(-c5ccc(F)c(F)c5F)ccc4OC)ncnc3cc2OC)CC1. The van der Waals surface area contributed by atoms with Crippen LogP contribution in [0.15, 0.2) is 61.4 Å². The molecule has 1 saturated heterocycles. The number of rotatable bonds is 8. The van der Waals surface area contributed by atoms with Crippen LogP contribution in [0.4, 0.5) is 24.7 Å². The van der Waals surface area contributed by atoms with E-state index >= 15 is 0 Å². The minimum absolute atomic E-state index is 0.105. The maximum atomic E-state index is 14.5. The fourth-order valence-electron chi connectivity index (χ4n) is 4.77. The van der Waals surface area contributed by atoms with Crippen molar-refractivity contribution in [3.8, 4) is 28.4 Å². The first-order chi connectivity index (χ1) is 19.8. The van der Waals surface area contributed by atoms with Crippen LogP contribution < -0.4 is 19.5 Å². The number of nitrogens with zero attached hydrogens (tertiary/aromatic N) is 3. The highest BCUT2D eigenvalue weighted by molar-refractivity contribution is 5.94. The van der Waals surface area contributed by atoms with E-state index in [1.807, 2.05) is 0 Å². The second-order valence-corrected chi connectivity index (χ2v) is 9.35. The second-order valence-electron chi connectivity index (χ2n) is 9.35. The Labute approximate surface area is 234 Å². The van der Waals surface area contributed by atoms with Crippen LogP contribution in [0.2, 0.25) is 0 Å². The normalized spacial score (nSPS) is 13.6. The van der Waals surface area contributed by atoms with Crippen LogP contribution in [0.1, 0.15) is 12.8 Å². The minimum Gasteiger partial charge on any atom is -0.495 e. The molecule has 0 radical (unpaired) electrons. The number of likely N-dealkylation sites (tertiary alicyclic amines) is 1. The lowest BCUT2D eigenvalue weighted by Crippen LogP contribution is -2.41. The summed E-state index contributed by atoms with van der Waals surface area (Å²) >= 11 is 0. The summed E-state index contributed by atoms with van der Waals surface area (Å²) in [5, 5.41) is 3.80. The zero-order valence-electron chi connectivity index (χ0n) is 22.4. The number of hydrogen-bond acceptors (Lipinski definition) is 7. The van der Waals surface area contributed by atoms with E-state index in [0.717, 1.165) is 6.07 Å². The maximum Gasteiger partial charge on any atom is 0.245 e. The van der Waals surface area contributed by atoms with Crippen molar-refractivity contribution >= 4 is 28.3 Å². The lowest BCUT2D eigenvalue weighted by molar-refractivity contribution is -0.127. The van der Waals surface area contributed by atoms with Gasteiger partial charge < -0.3 is 24.4 Å². The van der Waals surface area contributed by atoms with E-state index in [0.29, 0.717) is 71.2 Å². The number of hydrogen-bond donors (Lipinski definition) is 1. The van der Waals surface area contributed by atoms with Crippen LogP contribution >= 0.6 is 0 Å². The summed E-state index contributed by atoms with van der Waals surface area (Å²) in [5.41, 5.74) is 1.17. The van der Waals surface area contributed by atoms with Gasteiger partial charge >= 0.3 is 0 Å². The maximum absolute atomic E-state index is 14.5. The summed E-state index contributed by atoms with van der Waals surface area (Å²) in [5.74, 6) is -2.43. The molecule has 1 fully saturated rings. The van der Waals surface area contributed by atoms with E-state index in [9.17, 15) is 18.0 Å². The van der Waals surface area contributed by atoms with Crippen molar-refractivity contribution in [1.82, 2.24) is 14.9 Å². The molecular formula is C30H27F3N4O4. The van der Waals surface area contributed by atoms with Gasteiger partial charge in [-0.1, -0.05) is 12.6 Å². The number of methoxy groups -OCH3 is 2. The number of carbonyl (C=O) groups is 1. The van der Waals surface area contributed by atoms with Crippen LogP contribution in [0.25, 0.3) is 22.0 Å². The average Bonchev–Trinajstić information content (AvgIpc) is 3.00. The molecule has 0 atom stereocenters. The van der Waals surface area contributed by atoms with Crippen molar-refractivity contribution in [1.29, 1.82) is 0 Å². The molecule has 3 aromatic carbocycles. The van der Waals surface area contributed by atoms with Crippen LogP contribution in [-0.4, -0.2) is 54.2 Å². The van der Waals surface area contributed by atoms with E-state index in [2.05, 4.69) is 21.9 Å². The molecule has 8 nitrogen and oxygen atoms in total. The molecular weight excluding hydrogens is 537 g/mol. The molecule has 0 spiro atoms. The Balaban J connectivity index is 1.48. The summed E-state index contributed by atoms with van der Waals surface area (Å²) in [4.78, 5) is 22.4. The number of carbonyl (C=O) groups excluding carboxylic acids is 1. The Morgan fingerprint density at radius 2 is 1.73 bits per heavy atom. The van der Waals surface area contributed by atoms with E-state index in [4.69, 9.17) is 14.2 Å². The van der Waals surface area contributed by atoms with Crippen molar-refractivity contribution in [3.63, 3.8) is 0 Å². The molecule has 41 heavy (non-hydrogen) atoms. The number of benzene rings is 3. The molecule has 2 heterocycles. The summed E-state index contributed by atoms with van der Waals surface area (Å²) < 4.78 is 59.3. The van der Waals surface area contributed by atoms with Gasteiger partial charge in [0.05, 0.1) is 25.4 Å². The zero-order valence-corrected chi connectivity index (χ0v) is 22.4. The summed E-state index contributed by atoms with van der Waals surface area (Å²) in [6.07, 6.45) is 3.83. The third-order valence-corrected chi connectivity index (χ3v) is 6.94. The number of fused-ring (bicyclic) bond motifs is 1. The summed E-state index contributed by atoms with van der Waals surface area (Å²) in [6.45, 7) is 4.65. The van der Waals surface area contributed by atoms with Gasteiger partial charge in [0.1, 0.15) is 24.0 Å². The fourth-order valence-corrected chi connectivity index (χ4v) is 4.77. The van der Waals surface area contributed by atoms with Crippen LogP contribution in [0.3, 0.4) is 0 Å². The minimum atomic E-state index is -1.55. The van der Waals surface area contributed by atoms with Crippen LogP contribution in [0.5, 0.6) is 17.2 Å². The predicted octanol–water partition coefficient (Wildman–Crippen LogP) is 6.03. The average molecular weight is 565 g/mol. The van der Waals surface area contributed by atoms with E-state index < -0.39 is 17.5 Å². The van der Waals surface area contributed by atoms with Gasteiger partial charge in [-0.05, 0) is 42.0 Å². The first kappa shape index (κ1) is 27.8. The van der Waals surface area contributed by atoms with Gasteiger partial charge in [-0.25, -0.2) is 23.1 Å². The number of aromatic nitrogens is 2. The molecule has 1 N–H and O–H groups in total. The van der Waals surface area contributed by atoms with Crippen LogP contribution in [0, 0.1) is 17.5 Å². The first-order valence-electron chi connectivity index (χ1n) is 12.8. The molecule has 1 amide bonds. The van der Waals surface area contributed by atoms with Crippen molar-refractivity contribution in [2.75, 3.05) is 32.6 Å². The lowest BCUT2D eigenvalue weighted by Gasteiger charge is -2.31. The molecule has 5 rings (SSSR count). The Hall–Kier alpha value is -4.80. The highest BCUT2D eigenvalue weighted by Crippen LogP contribution is 2.39. The van der Waals surface area contributed by atoms with Gasteiger partial charge in [-0.15, -0.1) is 0 Å². The molecule has 0 aliphatic carbocycles.